The van der Waals surface area contributed by atoms with Gasteiger partial charge in [0, 0.05) is 37.8 Å². The zero-order chi connectivity index (χ0) is 23.8. The largest absolute Gasteiger partial charge is 0.487 e. The van der Waals surface area contributed by atoms with E-state index in [0.29, 0.717) is 42.0 Å². The number of anilines is 1. The Morgan fingerprint density at radius 2 is 1.97 bits per heavy atom. The van der Waals surface area contributed by atoms with Gasteiger partial charge in [0.1, 0.15) is 29.8 Å². The van der Waals surface area contributed by atoms with Crippen LogP contribution in [-0.2, 0) is 11.4 Å². The number of carboxylic acid groups (broad SMARTS) is 1. The average molecular weight is 467 g/mol. The predicted molar refractivity (Wildman–Crippen MR) is 126 cm³/mol. The van der Waals surface area contributed by atoms with Crippen molar-refractivity contribution in [3.63, 3.8) is 0 Å². The summed E-state index contributed by atoms with van der Waals surface area (Å²) in [6, 6.07) is 10.7. The molecule has 1 atom stereocenters. The van der Waals surface area contributed by atoms with Crippen LogP contribution in [0, 0.1) is 5.82 Å². The fourth-order valence-electron chi connectivity index (χ4n) is 4.55. The molecule has 0 saturated carbocycles. The van der Waals surface area contributed by atoms with Gasteiger partial charge in [0.2, 0.25) is 0 Å². The molecule has 9 heteroatoms. The summed E-state index contributed by atoms with van der Waals surface area (Å²) < 4.78 is 23.6. The number of carboxylic acids is 1. The summed E-state index contributed by atoms with van der Waals surface area (Å²) in [6.07, 6.45) is 1.55. The van der Waals surface area contributed by atoms with Crippen molar-refractivity contribution in [3.05, 3.63) is 64.9 Å². The van der Waals surface area contributed by atoms with Crippen molar-refractivity contribution in [1.29, 1.82) is 0 Å². The Kier molecular flexibility index (Phi) is 5.87. The van der Waals surface area contributed by atoms with Gasteiger partial charge in [0.05, 0.1) is 11.6 Å². The molecule has 5 rings (SSSR count). The molecule has 0 aliphatic carbocycles. The second kappa shape index (κ2) is 8.98. The number of aromatic nitrogens is 1. The Balaban J connectivity index is 1.69. The number of hydrogen-bond acceptors (Lipinski definition) is 6. The van der Waals surface area contributed by atoms with Gasteiger partial charge in [-0.15, -0.1) is 0 Å². The number of aromatic carboxylic acids is 1. The first-order chi connectivity index (χ1) is 16.4. The lowest BCUT2D eigenvalue weighted by Crippen LogP contribution is -2.45. The summed E-state index contributed by atoms with van der Waals surface area (Å²) >= 11 is 0. The summed E-state index contributed by atoms with van der Waals surface area (Å²) in [6.45, 7) is 5.41. The lowest BCUT2D eigenvalue weighted by molar-refractivity contribution is 0.0688. The minimum atomic E-state index is -1.16. The first-order valence-corrected chi connectivity index (χ1v) is 11.3. The summed E-state index contributed by atoms with van der Waals surface area (Å²) in [7, 11) is 2.04. The molecule has 1 fully saturated rings. The van der Waals surface area contributed by atoms with Crippen LogP contribution in [0.3, 0.4) is 0 Å². The normalized spacial score (nSPS) is 18.7. The molecule has 0 amide bonds. The molecule has 3 heterocycles. The molecule has 0 unspecified atom stereocenters. The van der Waals surface area contributed by atoms with E-state index in [1.54, 1.807) is 6.20 Å². The van der Waals surface area contributed by atoms with Crippen molar-refractivity contribution in [2.24, 2.45) is 5.16 Å². The van der Waals surface area contributed by atoms with Crippen molar-refractivity contribution < 1.29 is 23.9 Å². The lowest BCUT2D eigenvalue weighted by atomic mass is 10.0. The average Bonchev–Trinajstić information content (AvgIpc) is 2.83. The number of hydrogen-bond donors (Lipinski definition) is 1. The van der Waals surface area contributed by atoms with Crippen molar-refractivity contribution in [2.45, 2.75) is 19.6 Å². The van der Waals surface area contributed by atoms with Gasteiger partial charge in [-0.2, -0.15) is 0 Å². The van der Waals surface area contributed by atoms with Crippen molar-refractivity contribution >= 4 is 22.6 Å². The number of benzene rings is 2. The molecule has 1 saturated heterocycles. The molecule has 2 aliphatic rings. The minimum absolute atomic E-state index is 0.0491. The number of rotatable bonds is 5. The predicted octanol–water partition coefficient (Wildman–Crippen LogP) is 3.22. The fraction of sp³-hybridized carbons (Fsp3) is 0.360. The summed E-state index contributed by atoms with van der Waals surface area (Å²) in [4.78, 5) is 21.9. The van der Waals surface area contributed by atoms with Crippen LogP contribution >= 0.6 is 0 Å². The summed E-state index contributed by atoms with van der Waals surface area (Å²) in [5.41, 5.74) is 1.88. The summed E-state index contributed by atoms with van der Waals surface area (Å²) in [5, 5.41) is 14.5. The van der Waals surface area contributed by atoms with Gasteiger partial charge in [0.15, 0.2) is 11.6 Å². The number of ether oxygens (including phenoxy) is 1. The number of likely N-dealkylation sites (N-methyl/N-ethyl adjacent to an activating group) is 1. The Labute approximate surface area is 196 Å². The van der Waals surface area contributed by atoms with Crippen LogP contribution in [-0.4, -0.2) is 60.4 Å². The third-order valence-electron chi connectivity index (χ3n) is 6.44. The molecule has 0 spiro atoms. The lowest BCUT2D eigenvalue weighted by Gasteiger charge is -2.37. The Morgan fingerprint density at radius 1 is 1.24 bits per heavy atom. The van der Waals surface area contributed by atoms with Crippen molar-refractivity contribution in [1.82, 2.24) is 9.47 Å². The van der Waals surface area contributed by atoms with E-state index in [2.05, 4.69) is 10.1 Å². The van der Waals surface area contributed by atoms with Crippen LogP contribution in [0.5, 0.6) is 5.75 Å². The van der Waals surface area contributed by atoms with E-state index in [-0.39, 0.29) is 23.6 Å². The van der Waals surface area contributed by atoms with E-state index in [1.807, 2.05) is 53.8 Å². The third kappa shape index (κ3) is 3.96. The number of halogens is 1. The highest BCUT2D eigenvalue weighted by Gasteiger charge is 2.30. The molecule has 178 valence electrons. The SMILES string of the molecule is C[C@H]1COc2c(N3CCN(C)CC3)c(F)cc3c(=NOCc4ccccc4)c(C(=O)O)cn1c23. The zero-order valence-electron chi connectivity index (χ0n) is 19.2. The second-order valence-electron chi connectivity index (χ2n) is 8.84. The maximum atomic E-state index is 15.6. The molecule has 0 radical (unpaired) electrons. The molecule has 1 aromatic heterocycles. The van der Waals surface area contributed by atoms with E-state index in [0.717, 1.165) is 18.7 Å². The van der Waals surface area contributed by atoms with E-state index >= 15 is 4.39 Å². The van der Waals surface area contributed by atoms with Gasteiger partial charge in [0.25, 0.3) is 0 Å². The molecule has 1 N–H and O–H groups in total. The molecule has 2 aliphatic heterocycles. The zero-order valence-corrected chi connectivity index (χ0v) is 19.2. The van der Waals surface area contributed by atoms with Gasteiger partial charge < -0.3 is 29.0 Å². The monoisotopic (exact) mass is 466 g/mol. The standard InChI is InChI=1S/C25H27FN4O4/c1-16-14-33-24-22-18(12-20(26)23(24)29-10-8-28(2)9-11-29)21(19(25(31)32)13-30(16)22)27-34-15-17-6-4-3-5-7-17/h3-7,12-13,16H,8-11,14-15H2,1-2H3,(H,31,32)/t16-/m0/s1. The third-order valence-corrected chi connectivity index (χ3v) is 6.44. The molecule has 8 nitrogen and oxygen atoms in total. The molecule has 2 aromatic carbocycles. The molecule has 3 aromatic rings. The highest BCUT2D eigenvalue weighted by atomic mass is 19.1. The molecule has 0 bridgehead atoms. The molecule has 34 heavy (non-hydrogen) atoms. The maximum absolute atomic E-state index is 15.6. The van der Waals surface area contributed by atoms with Gasteiger partial charge >= 0.3 is 5.97 Å². The van der Waals surface area contributed by atoms with E-state index in [9.17, 15) is 9.90 Å². The Morgan fingerprint density at radius 3 is 2.68 bits per heavy atom. The number of carbonyl (C=O) groups is 1. The van der Waals surface area contributed by atoms with Crippen LogP contribution in [0.2, 0.25) is 0 Å². The van der Waals surface area contributed by atoms with Crippen LogP contribution in [0.15, 0.2) is 47.8 Å². The maximum Gasteiger partial charge on any atom is 0.339 e. The minimum Gasteiger partial charge on any atom is -0.487 e. The van der Waals surface area contributed by atoms with E-state index in [1.165, 1.54) is 6.07 Å². The highest BCUT2D eigenvalue weighted by Crippen LogP contribution is 2.42. The van der Waals surface area contributed by atoms with Gasteiger partial charge in [-0.3, -0.25) is 0 Å². The van der Waals surface area contributed by atoms with Gasteiger partial charge in [-0.05, 0) is 25.6 Å². The number of piperazine rings is 1. The topological polar surface area (TPSA) is 79.5 Å². The van der Waals surface area contributed by atoms with Crippen molar-refractivity contribution in [3.8, 4) is 5.75 Å². The van der Waals surface area contributed by atoms with Crippen LogP contribution in [0.1, 0.15) is 28.9 Å². The fourth-order valence-corrected chi connectivity index (χ4v) is 4.55. The first-order valence-electron chi connectivity index (χ1n) is 11.3. The molecular formula is C25H27FN4O4. The first kappa shape index (κ1) is 22.2. The Hall–Kier alpha value is -3.59. The van der Waals surface area contributed by atoms with Crippen LogP contribution in [0.25, 0.3) is 10.9 Å². The number of pyridine rings is 1. The van der Waals surface area contributed by atoms with Crippen molar-refractivity contribution in [2.75, 3.05) is 44.7 Å². The quantitative estimate of drug-likeness (QED) is 0.582. The van der Waals surface area contributed by atoms with E-state index < -0.39 is 11.8 Å². The smallest absolute Gasteiger partial charge is 0.339 e. The van der Waals surface area contributed by atoms with E-state index in [4.69, 9.17) is 9.57 Å². The molecular weight excluding hydrogens is 439 g/mol. The number of nitrogens with zero attached hydrogens (tertiary/aromatic N) is 4. The Bertz CT molecular complexity index is 1300. The van der Waals surface area contributed by atoms with Crippen LogP contribution < -0.4 is 15.0 Å². The van der Waals surface area contributed by atoms with Crippen LogP contribution in [0.4, 0.5) is 10.1 Å². The van der Waals surface area contributed by atoms with Gasteiger partial charge in [-0.25, -0.2) is 9.18 Å². The summed E-state index contributed by atoms with van der Waals surface area (Å²) in [5.74, 6) is -1.19. The van der Waals surface area contributed by atoms with Gasteiger partial charge in [-0.1, -0.05) is 35.5 Å². The highest BCUT2D eigenvalue weighted by molar-refractivity contribution is 5.97. The second-order valence-corrected chi connectivity index (χ2v) is 8.84.